The lowest BCUT2D eigenvalue weighted by Gasteiger charge is -2.31. The largest absolute Gasteiger partial charge is 0.486 e. The van der Waals surface area contributed by atoms with E-state index in [4.69, 9.17) is 19.2 Å². The molecule has 31 heavy (non-hydrogen) atoms. The number of thiazole rings is 1. The number of hydrogen-bond donors (Lipinski definition) is 0. The molecule has 164 valence electrons. The summed E-state index contributed by atoms with van der Waals surface area (Å²) >= 11 is 1.87. The molecule has 5 rings (SSSR count). The fourth-order valence-corrected chi connectivity index (χ4v) is 5.50. The Kier molecular flexibility index (Phi) is 6.68. The number of para-hydroxylation sites is 3. The average molecular weight is 439 g/mol. The van der Waals surface area contributed by atoms with Crippen LogP contribution in [-0.4, -0.2) is 55.4 Å². The van der Waals surface area contributed by atoms with Gasteiger partial charge in [0.1, 0.15) is 6.61 Å². The molecule has 6 heteroatoms. The van der Waals surface area contributed by atoms with E-state index in [1.54, 1.807) is 0 Å². The number of unbranched alkanes of at least 4 members (excludes halogenated alkanes) is 1. The van der Waals surface area contributed by atoms with Crippen LogP contribution in [0.1, 0.15) is 36.6 Å². The molecule has 0 spiro atoms. The van der Waals surface area contributed by atoms with Crippen LogP contribution >= 0.6 is 11.3 Å². The Morgan fingerprint density at radius 1 is 1.00 bits per heavy atom. The molecule has 2 aromatic carbocycles. The van der Waals surface area contributed by atoms with Gasteiger partial charge in [-0.15, -0.1) is 11.3 Å². The summed E-state index contributed by atoms with van der Waals surface area (Å²) in [4.78, 5) is 7.47. The van der Waals surface area contributed by atoms with Gasteiger partial charge in [0, 0.05) is 12.5 Å². The number of hydrogen-bond acceptors (Lipinski definition) is 6. The van der Waals surface area contributed by atoms with E-state index in [-0.39, 0.29) is 6.10 Å². The molecule has 2 aliphatic heterocycles. The number of rotatable bonds is 8. The standard InChI is InChI=1S/C25H30N2O3S/c1-4-10-24-21(7-1)26-25(31-24)19-11-14-27(15-12-19)13-5-6-16-28-17-20-18-29-22-8-2-3-9-23(22)30-20/h1-4,7-10,19-20H,5-6,11-18H2. The van der Waals surface area contributed by atoms with Crippen LogP contribution < -0.4 is 9.47 Å². The average Bonchev–Trinajstić information content (AvgIpc) is 3.26. The van der Waals surface area contributed by atoms with Gasteiger partial charge in [-0.2, -0.15) is 0 Å². The summed E-state index contributed by atoms with van der Waals surface area (Å²) in [7, 11) is 0. The maximum absolute atomic E-state index is 5.94. The van der Waals surface area contributed by atoms with Crippen LogP contribution in [0, 0.1) is 0 Å². The van der Waals surface area contributed by atoms with Gasteiger partial charge in [0.05, 0.1) is 21.8 Å². The summed E-state index contributed by atoms with van der Waals surface area (Å²) in [6.45, 7) is 5.43. The zero-order valence-electron chi connectivity index (χ0n) is 17.9. The van der Waals surface area contributed by atoms with Crippen LogP contribution in [0.15, 0.2) is 48.5 Å². The minimum Gasteiger partial charge on any atom is -0.486 e. The van der Waals surface area contributed by atoms with E-state index in [0.29, 0.717) is 19.1 Å². The van der Waals surface area contributed by atoms with E-state index in [2.05, 4.69) is 29.2 Å². The quantitative estimate of drug-likeness (QED) is 0.457. The number of likely N-dealkylation sites (tertiary alicyclic amines) is 1. The maximum atomic E-state index is 5.94. The zero-order valence-corrected chi connectivity index (χ0v) is 18.7. The van der Waals surface area contributed by atoms with Crippen molar-refractivity contribution in [1.82, 2.24) is 9.88 Å². The van der Waals surface area contributed by atoms with Crippen molar-refractivity contribution in [3.63, 3.8) is 0 Å². The summed E-state index contributed by atoms with van der Waals surface area (Å²) in [5, 5.41) is 1.32. The SMILES string of the molecule is c1ccc2c(c1)OCC(COCCCCN1CCC(c3nc4ccccc4s3)CC1)O2. The summed E-state index contributed by atoms with van der Waals surface area (Å²) in [6.07, 6.45) is 4.68. The summed E-state index contributed by atoms with van der Waals surface area (Å²) in [6, 6.07) is 16.3. The van der Waals surface area contributed by atoms with E-state index in [9.17, 15) is 0 Å². The van der Waals surface area contributed by atoms with Crippen molar-refractivity contribution in [3.05, 3.63) is 53.5 Å². The van der Waals surface area contributed by atoms with Crippen LogP contribution in [0.4, 0.5) is 0 Å². The van der Waals surface area contributed by atoms with Crippen LogP contribution in [0.3, 0.4) is 0 Å². The predicted octanol–water partition coefficient (Wildman–Crippen LogP) is 5.11. The highest BCUT2D eigenvalue weighted by Gasteiger charge is 2.23. The molecule has 2 aliphatic rings. The molecule has 1 saturated heterocycles. The first-order valence-electron chi connectivity index (χ1n) is 11.4. The highest BCUT2D eigenvalue weighted by molar-refractivity contribution is 7.18. The Bertz CT molecular complexity index is 951. The monoisotopic (exact) mass is 438 g/mol. The second-order valence-corrected chi connectivity index (χ2v) is 9.48. The third-order valence-corrected chi connectivity index (χ3v) is 7.33. The number of nitrogens with zero attached hydrogens (tertiary/aromatic N) is 2. The van der Waals surface area contributed by atoms with E-state index in [1.165, 1.54) is 42.1 Å². The molecule has 0 N–H and O–H groups in total. The van der Waals surface area contributed by atoms with Gasteiger partial charge in [-0.1, -0.05) is 24.3 Å². The Balaban J connectivity index is 0.958. The van der Waals surface area contributed by atoms with Crippen LogP contribution in [-0.2, 0) is 4.74 Å². The van der Waals surface area contributed by atoms with Gasteiger partial charge in [-0.05, 0) is 69.6 Å². The van der Waals surface area contributed by atoms with E-state index in [0.717, 1.165) is 36.6 Å². The molecule has 0 aliphatic carbocycles. The first-order chi connectivity index (χ1) is 15.3. The molecule has 1 atom stereocenters. The molecule has 1 aromatic heterocycles. The van der Waals surface area contributed by atoms with Gasteiger partial charge in [-0.25, -0.2) is 4.98 Å². The second kappa shape index (κ2) is 9.98. The third kappa shape index (κ3) is 5.20. The molecule has 3 heterocycles. The van der Waals surface area contributed by atoms with Gasteiger partial charge in [0.2, 0.25) is 0 Å². The maximum Gasteiger partial charge on any atom is 0.161 e. The molecule has 1 fully saturated rings. The fourth-order valence-electron chi connectivity index (χ4n) is 4.37. The fraction of sp³-hybridized carbons (Fsp3) is 0.480. The minimum atomic E-state index is -0.0172. The minimum absolute atomic E-state index is 0.0172. The molecule has 0 saturated carbocycles. The van der Waals surface area contributed by atoms with Crippen molar-refractivity contribution in [3.8, 4) is 11.5 Å². The molecule has 1 unspecified atom stereocenters. The number of fused-ring (bicyclic) bond motifs is 2. The summed E-state index contributed by atoms with van der Waals surface area (Å²) < 4.78 is 18.8. The van der Waals surface area contributed by atoms with Crippen molar-refractivity contribution in [2.45, 2.75) is 37.7 Å². The Labute approximate surface area is 187 Å². The third-order valence-electron chi connectivity index (χ3n) is 6.13. The van der Waals surface area contributed by atoms with Crippen molar-refractivity contribution < 1.29 is 14.2 Å². The summed E-state index contributed by atoms with van der Waals surface area (Å²) in [5.41, 5.74) is 1.15. The molecule has 5 nitrogen and oxygen atoms in total. The summed E-state index contributed by atoms with van der Waals surface area (Å²) in [5.74, 6) is 2.27. The molecule has 3 aromatic rings. The zero-order chi connectivity index (χ0) is 20.9. The van der Waals surface area contributed by atoms with Crippen LogP contribution in [0.25, 0.3) is 10.2 Å². The Morgan fingerprint density at radius 3 is 2.68 bits per heavy atom. The first kappa shape index (κ1) is 20.7. The number of benzene rings is 2. The Hall–Kier alpha value is -2.15. The molecule has 0 bridgehead atoms. The van der Waals surface area contributed by atoms with Gasteiger partial charge >= 0.3 is 0 Å². The molecular formula is C25H30N2O3S. The normalized spacial score (nSPS) is 19.7. The van der Waals surface area contributed by atoms with Crippen LogP contribution in [0.5, 0.6) is 11.5 Å². The van der Waals surface area contributed by atoms with Gasteiger partial charge in [-0.3, -0.25) is 0 Å². The van der Waals surface area contributed by atoms with Crippen molar-refractivity contribution in [2.24, 2.45) is 0 Å². The van der Waals surface area contributed by atoms with Gasteiger partial charge < -0.3 is 19.1 Å². The lowest BCUT2D eigenvalue weighted by molar-refractivity contribution is 0.00738. The lowest BCUT2D eigenvalue weighted by atomic mass is 9.97. The highest BCUT2D eigenvalue weighted by Crippen LogP contribution is 2.34. The van der Waals surface area contributed by atoms with E-state index < -0.39 is 0 Å². The van der Waals surface area contributed by atoms with E-state index >= 15 is 0 Å². The van der Waals surface area contributed by atoms with Crippen molar-refractivity contribution in [1.29, 1.82) is 0 Å². The number of piperidine rings is 1. The number of aromatic nitrogens is 1. The first-order valence-corrected chi connectivity index (χ1v) is 12.2. The Morgan fingerprint density at radius 2 is 1.81 bits per heavy atom. The topological polar surface area (TPSA) is 43.8 Å². The lowest BCUT2D eigenvalue weighted by Crippen LogP contribution is -2.34. The van der Waals surface area contributed by atoms with Crippen LogP contribution in [0.2, 0.25) is 0 Å². The second-order valence-electron chi connectivity index (χ2n) is 8.42. The van der Waals surface area contributed by atoms with E-state index in [1.807, 2.05) is 35.6 Å². The molecule has 0 amide bonds. The molecule has 0 radical (unpaired) electrons. The van der Waals surface area contributed by atoms with Gasteiger partial charge in [0.15, 0.2) is 17.6 Å². The van der Waals surface area contributed by atoms with Crippen molar-refractivity contribution >= 4 is 21.6 Å². The number of ether oxygens (including phenoxy) is 3. The smallest absolute Gasteiger partial charge is 0.161 e. The predicted molar refractivity (Wildman–Crippen MR) is 124 cm³/mol. The van der Waals surface area contributed by atoms with Gasteiger partial charge in [0.25, 0.3) is 0 Å². The highest BCUT2D eigenvalue weighted by atomic mass is 32.1. The van der Waals surface area contributed by atoms with Crippen molar-refractivity contribution in [2.75, 3.05) is 39.5 Å². The molecular weight excluding hydrogens is 408 g/mol.